The van der Waals surface area contributed by atoms with Crippen molar-refractivity contribution in [1.82, 2.24) is 24.8 Å². The molecular weight excluding hydrogens is 308 g/mol. The molecule has 0 saturated carbocycles. The van der Waals surface area contributed by atoms with E-state index >= 15 is 0 Å². The number of aromatic amines is 1. The Balaban J connectivity index is 2.09. The maximum absolute atomic E-state index is 12.1. The van der Waals surface area contributed by atoms with Gasteiger partial charge in [-0.3, -0.25) is 9.78 Å². The lowest BCUT2D eigenvalue weighted by atomic mass is 10.1. The molecule has 3 N–H and O–H groups in total. The fourth-order valence-corrected chi connectivity index (χ4v) is 2.35. The molecule has 0 bridgehead atoms. The van der Waals surface area contributed by atoms with Crippen molar-refractivity contribution in [3.63, 3.8) is 0 Å². The average molecular weight is 326 g/mol. The van der Waals surface area contributed by atoms with Gasteiger partial charge in [-0.15, -0.1) is 0 Å². The van der Waals surface area contributed by atoms with E-state index < -0.39 is 0 Å². The lowest BCUT2D eigenvalue weighted by Gasteiger charge is -2.11. The van der Waals surface area contributed by atoms with E-state index in [-0.39, 0.29) is 18.2 Å². The van der Waals surface area contributed by atoms with Gasteiger partial charge in [0.2, 0.25) is 0 Å². The molecule has 0 aromatic carbocycles. The first-order chi connectivity index (χ1) is 11.6. The first kappa shape index (κ1) is 15.9. The maximum atomic E-state index is 12.1. The number of aliphatic hydroxyl groups is 1. The molecule has 8 heteroatoms. The highest BCUT2D eigenvalue weighted by Crippen LogP contribution is 2.28. The van der Waals surface area contributed by atoms with Crippen LogP contribution in [0.4, 0.5) is 5.82 Å². The van der Waals surface area contributed by atoms with Gasteiger partial charge in [-0.05, 0) is 12.1 Å². The topological polar surface area (TPSA) is 107 Å². The van der Waals surface area contributed by atoms with E-state index in [2.05, 4.69) is 25.3 Å². The standard InChI is InChI=1S/C16H18N6O2/c1-22(2)16(24)13-9-17-8-12(20-13)11-7-14(18-5-6-23)21-15-10(11)3-4-19-15/h3-4,7-9,23H,5-6H2,1-2H3,(H2,18,19,21). The average Bonchev–Trinajstić information content (AvgIpc) is 3.07. The quantitative estimate of drug-likeness (QED) is 0.649. The van der Waals surface area contributed by atoms with Gasteiger partial charge in [-0.2, -0.15) is 0 Å². The smallest absolute Gasteiger partial charge is 0.273 e. The summed E-state index contributed by atoms with van der Waals surface area (Å²) in [6.45, 7) is 0.399. The number of hydrogen-bond donors (Lipinski definition) is 3. The van der Waals surface area contributed by atoms with Gasteiger partial charge in [-0.1, -0.05) is 0 Å². The van der Waals surface area contributed by atoms with Crippen molar-refractivity contribution >= 4 is 22.8 Å². The van der Waals surface area contributed by atoms with E-state index in [1.165, 1.54) is 11.1 Å². The van der Waals surface area contributed by atoms with E-state index in [9.17, 15) is 4.79 Å². The van der Waals surface area contributed by atoms with Crippen molar-refractivity contribution in [2.45, 2.75) is 0 Å². The minimum atomic E-state index is -0.206. The molecule has 0 aliphatic carbocycles. The lowest BCUT2D eigenvalue weighted by Crippen LogP contribution is -2.23. The summed E-state index contributed by atoms with van der Waals surface area (Å²) in [5.74, 6) is 0.405. The second-order valence-electron chi connectivity index (χ2n) is 5.43. The number of rotatable bonds is 5. The molecule has 1 amide bonds. The number of nitrogens with one attached hydrogen (secondary N) is 2. The molecule has 0 atom stereocenters. The predicted octanol–water partition coefficient (Wildman–Crippen LogP) is 1.13. The number of nitrogens with zero attached hydrogens (tertiary/aromatic N) is 4. The van der Waals surface area contributed by atoms with Crippen LogP contribution >= 0.6 is 0 Å². The molecule has 24 heavy (non-hydrogen) atoms. The Kier molecular flexibility index (Phi) is 4.39. The number of aromatic nitrogens is 4. The van der Waals surface area contributed by atoms with Crippen LogP contribution in [-0.4, -0.2) is 63.1 Å². The van der Waals surface area contributed by atoms with Gasteiger partial charge in [0.1, 0.15) is 17.2 Å². The third-order valence-electron chi connectivity index (χ3n) is 3.48. The van der Waals surface area contributed by atoms with Gasteiger partial charge in [0.05, 0.1) is 24.7 Å². The fourth-order valence-electron chi connectivity index (χ4n) is 2.35. The van der Waals surface area contributed by atoms with Crippen molar-refractivity contribution < 1.29 is 9.90 Å². The Morgan fingerprint density at radius 2 is 2.17 bits per heavy atom. The zero-order chi connectivity index (χ0) is 17.1. The maximum Gasteiger partial charge on any atom is 0.273 e. The monoisotopic (exact) mass is 326 g/mol. The summed E-state index contributed by atoms with van der Waals surface area (Å²) in [5.41, 5.74) is 2.37. The van der Waals surface area contributed by atoms with Gasteiger partial charge < -0.3 is 20.3 Å². The van der Waals surface area contributed by atoms with Crippen molar-refractivity contribution in [3.8, 4) is 11.3 Å². The number of aliphatic hydroxyl groups excluding tert-OH is 1. The molecular formula is C16H18N6O2. The van der Waals surface area contributed by atoms with E-state index in [4.69, 9.17) is 5.11 Å². The Morgan fingerprint density at radius 3 is 2.92 bits per heavy atom. The van der Waals surface area contributed by atoms with Crippen LogP contribution in [0, 0.1) is 0 Å². The second kappa shape index (κ2) is 6.63. The largest absolute Gasteiger partial charge is 0.395 e. The normalized spacial score (nSPS) is 10.8. The van der Waals surface area contributed by atoms with Crippen LogP contribution < -0.4 is 5.32 Å². The number of carbonyl (C=O) groups excluding carboxylic acids is 1. The molecule has 124 valence electrons. The van der Waals surface area contributed by atoms with Crippen LogP contribution in [0.1, 0.15) is 10.5 Å². The molecule has 0 fully saturated rings. The van der Waals surface area contributed by atoms with Gasteiger partial charge in [0.15, 0.2) is 0 Å². The van der Waals surface area contributed by atoms with Gasteiger partial charge >= 0.3 is 0 Å². The molecule has 0 spiro atoms. The summed E-state index contributed by atoms with van der Waals surface area (Å²) in [7, 11) is 3.34. The molecule has 3 aromatic rings. The molecule has 8 nitrogen and oxygen atoms in total. The molecule has 0 radical (unpaired) electrons. The summed E-state index contributed by atoms with van der Waals surface area (Å²) in [6, 6.07) is 3.73. The molecule has 0 unspecified atom stereocenters. The number of anilines is 1. The minimum Gasteiger partial charge on any atom is -0.395 e. The number of fused-ring (bicyclic) bond motifs is 1. The van der Waals surface area contributed by atoms with E-state index in [0.29, 0.717) is 23.7 Å². The SMILES string of the molecule is CN(C)C(=O)c1cncc(-c2cc(NCCO)nc3[nH]ccc23)n1. The molecule has 0 aliphatic rings. The van der Waals surface area contributed by atoms with Crippen LogP contribution in [0.5, 0.6) is 0 Å². The van der Waals surface area contributed by atoms with E-state index in [0.717, 1.165) is 10.9 Å². The van der Waals surface area contributed by atoms with E-state index in [1.807, 2.05) is 12.1 Å². The highest BCUT2D eigenvalue weighted by molar-refractivity contribution is 5.95. The Hall–Kier alpha value is -3.00. The summed E-state index contributed by atoms with van der Waals surface area (Å²) in [5, 5.41) is 12.9. The van der Waals surface area contributed by atoms with Crippen molar-refractivity contribution in [1.29, 1.82) is 0 Å². The third kappa shape index (κ3) is 3.04. The zero-order valence-electron chi connectivity index (χ0n) is 13.4. The summed E-state index contributed by atoms with van der Waals surface area (Å²) >= 11 is 0. The second-order valence-corrected chi connectivity index (χ2v) is 5.43. The molecule has 0 aliphatic heterocycles. The number of H-pyrrole nitrogens is 1. The molecule has 3 aromatic heterocycles. The zero-order valence-corrected chi connectivity index (χ0v) is 13.4. The van der Waals surface area contributed by atoms with Crippen molar-refractivity contribution in [2.24, 2.45) is 0 Å². The summed E-state index contributed by atoms with van der Waals surface area (Å²) < 4.78 is 0. The number of amides is 1. The van der Waals surface area contributed by atoms with Crippen LogP contribution in [-0.2, 0) is 0 Å². The van der Waals surface area contributed by atoms with Crippen LogP contribution in [0.2, 0.25) is 0 Å². The van der Waals surface area contributed by atoms with Gasteiger partial charge in [-0.25, -0.2) is 9.97 Å². The number of hydrogen-bond acceptors (Lipinski definition) is 6. The Labute approximate surface area is 138 Å². The number of pyridine rings is 1. The molecule has 0 saturated heterocycles. The van der Waals surface area contributed by atoms with Crippen LogP contribution in [0.25, 0.3) is 22.3 Å². The van der Waals surface area contributed by atoms with Crippen LogP contribution in [0.15, 0.2) is 30.7 Å². The fraction of sp³-hybridized carbons (Fsp3) is 0.250. The van der Waals surface area contributed by atoms with Crippen LogP contribution in [0.3, 0.4) is 0 Å². The first-order valence-electron chi connectivity index (χ1n) is 7.47. The lowest BCUT2D eigenvalue weighted by molar-refractivity contribution is 0.0821. The first-order valence-corrected chi connectivity index (χ1v) is 7.47. The van der Waals surface area contributed by atoms with Crippen molar-refractivity contribution in [2.75, 3.05) is 32.6 Å². The Morgan fingerprint density at radius 1 is 1.33 bits per heavy atom. The molecule has 3 heterocycles. The highest BCUT2D eigenvalue weighted by atomic mass is 16.3. The summed E-state index contributed by atoms with van der Waals surface area (Å²) in [6.07, 6.45) is 4.86. The van der Waals surface area contributed by atoms with Gasteiger partial charge in [0.25, 0.3) is 5.91 Å². The minimum absolute atomic E-state index is 0.00635. The molecule has 3 rings (SSSR count). The van der Waals surface area contributed by atoms with E-state index in [1.54, 1.807) is 26.5 Å². The third-order valence-corrected chi connectivity index (χ3v) is 3.48. The number of carbonyl (C=O) groups is 1. The van der Waals surface area contributed by atoms with Gasteiger partial charge in [0, 0.05) is 37.8 Å². The Bertz CT molecular complexity index is 874. The van der Waals surface area contributed by atoms with Crippen molar-refractivity contribution in [3.05, 3.63) is 36.4 Å². The predicted molar refractivity (Wildman–Crippen MR) is 90.7 cm³/mol. The highest BCUT2D eigenvalue weighted by Gasteiger charge is 2.14. The summed E-state index contributed by atoms with van der Waals surface area (Å²) in [4.78, 5) is 29.7.